The maximum atomic E-state index is 4.21. The minimum absolute atomic E-state index is 0.945. The number of aromatic nitrogens is 3. The molecule has 0 saturated heterocycles. The Balaban J connectivity index is 1.91. The maximum Gasteiger partial charge on any atom is 0.0759 e. The van der Waals surface area contributed by atoms with Crippen LogP contribution in [0.1, 0.15) is 11.4 Å². The first-order valence-corrected chi connectivity index (χ1v) is 5.27. The van der Waals surface area contributed by atoms with Crippen LogP contribution in [0.5, 0.6) is 0 Å². The van der Waals surface area contributed by atoms with Gasteiger partial charge in [0, 0.05) is 10.8 Å². The molecular weight excluding hydrogens is 190 g/mol. The van der Waals surface area contributed by atoms with Crippen molar-refractivity contribution in [3.05, 3.63) is 28.2 Å². The smallest absolute Gasteiger partial charge is 0.0759 e. The van der Waals surface area contributed by atoms with Crippen molar-refractivity contribution in [2.45, 2.75) is 12.8 Å². The highest BCUT2D eigenvalue weighted by Gasteiger charge is 1.98. The van der Waals surface area contributed by atoms with Crippen molar-refractivity contribution in [3.8, 4) is 0 Å². The van der Waals surface area contributed by atoms with Gasteiger partial charge in [0.05, 0.1) is 11.4 Å². The maximum absolute atomic E-state index is 4.21. The number of nitrogens with zero attached hydrogens (tertiary/aromatic N) is 3. The van der Waals surface area contributed by atoms with Crippen LogP contribution in [0.4, 0.5) is 0 Å². The van der Waals surface area contributed by atoms with Crippen LogP contribution in [0.3, 0.4) is 0 Å². The molecule has 0 aromatic carbocycles. The zero-order valence-corrected chi connectivity index (χ0v) is 7.94. The summed E-state index contributed by atoms with van der Waals surface area (Å²) in [5.74, 6) is 0. The third kappa shape index (κ3) is 1.86. The van der Waals surface area contributed by atoms with Crippen LogP contribution in [0.2, 0.25) is 0 Å². The Morgan fingerprint density at radius 2 is 2.08 bits per heavy atom. The molecule has 2 aromatic rings. The zero-order valence-electron chi connectivity index (χ0n) is 6.30. The van der Waals surface area contributed by atoms with Gasteiger partial charge in [0.25, 0.3) is 0 Å². The van der Waals surface area contributed by atoms with Gasteiger partial charge in [-0.05, 0) is 42.0 Å². The van der Waals surface area contributed by atoms with Gasteiger partial charge in [-0.1, -0.05) is 4.49 Å². The monoisotopic (exact) mass is 197 g/mol. The van der Waals surface area contributed by atoms with Crippen LogP contribution in [0.25, 0.3) is 0 Å². The second-order valence-electron chi connectivity index (χ2n) is 2.39. The third-order valence-corrected chi connectivity index (χ3v) is 2.68. The lowest BCUT2D eigenvalue weighted by molar-refractivity contribution is 0.882. The average Bonchev–Trinajstić information content (AvgIpc) is 2.74. The highest BCUT2D eigenvalue weighted by atomic mass is 32.1. The number of hydrogen-bond donors (Lipinski definition) is 0. The largest absolute Gasteiger partial charge is 0.198 e. The SMILES string of the molecule is c1cc(CCc2csnn2)ns1. The van der Waals surface area contributed by atoms with E-state index in [1.807, 2.05) is 16.8 Å². The molecule has 0 aliphatic rings. The second kappa shape index (κ2) is 3.73. The van der Waals surface area contributed by atoms with Crippen LogP contribution in [0, 0.1) is 0 Å². The zero-order chi connectivity index (χ0) is 8.23. The van der Waals surface area contributed by atoms with E-state index in [1.54, 1.807) is 0 Å². The molecule has 0 N–H and O–H groups in total. The quantitative estimate of drug-likeness (QED) is 0.753. The van der Waals surface area contributed by atoms with Crippen molar-refractivity contribution in [2.24, 2.45) is 0 Å². The van der Waals surface area contributed by atoms with Crippen molar-refractivity contribution >= 4 is 23.1 Å². The summed E-state index contributed by atoms with van der Waals surface area (Å²) in [6.07, 6.45) is 1.91. The van der Waals surface area contributed by atoms with Gasteiger partial charge in [0.15, 0.2) is 0 Å². The van der Waals surface area contributed by atoms with E-state index in [4.69, 9.17) is 0 Å². The summed E-state index contributed by atoms with van der Waals surface area (Å²) in [5, 5.41) is 7.93. The fourth-order valence-electron chi connectivity index (χ4n) is 0.916. The molecule has 0 spiro atoms. The van der Waals surface area contributed by atoms with Crippen molar-refractivity contribution in [3.63, 3.8) is 0 Å². The summed E-state index contributed by atoms with van der Waals surface area (Å²) in [6, 6.07) is 2.05. The highest BCUT2D eigenvalue weighted by molar-refractivity contribution is 7.03. The molecule has 12 heavy (non-hydrogen) atoms. The Hall–Kier alpha value is -0.810. The van der Waals surface area contributed by atoms with E-state index in [0.717, 1.165) is 24.2 Å². The van der Waals surface area contributed by atoms with E-state index in [0.29, 0.717) is 0 Å². The fourth-order valence-corrected chi connectivity index (χ4v) is 1.97. The molecule has 2 heterocycles. The van der Waals surface area contributed by atoms with Crippen LogP contribution >= 0.6 is 23.1 Å². The first kappa shape index (κ1) is 7.82. The van der Waals surface area contributed by atoms with Gasteiger partial charge in [-0.25, -0.2) is 0 Å². The Labute approximate surface area is 78.4 Å². The Morgan fingerprint density at radius 3 is 2.75 bits per heavy atom. The molecule has 0 atom stereocenters. The van der Waals surface area contributed by atoms with Crippen LogP contribution < -0.4 is 0 Å². The molecule has 0 bridgehead atoms. The summed E-state index contributed by atoms with van der Waals surface area (Å²) in [7, 11) is 0. The lowest BCUT2D eigenvalue weighted by Gasteiger charge is -1.90. The molecule has 0 unspecified atom stereocenters. The number of rotatable bonds is 3. The number of hydrogen-bond acceptors (Lipinski definition) is 5. The first-order chi connectivity index (χ1) is 5.95. The van der Waals surface area contributed by atoms with E-state index in [9.17, 15) is 0 Å². The molecule has 0 amide bonds. The van der Waals surface area contributed by atoms with E-state index in [2.05, 4.69) is 14.0 Å². The standard InChI is InChI=1S/C7H7N3S2/c1(6-3-4-11-9-6)2-7-5-12-10-8-7/h3-5H,1-2H2. The van der Waals surface area contributed by atoms with Gasteiger partial charge in [0.1, 0.15) is 0 Å². The van der Waals surface area contributed by atoms with Crippen LogP contribution in [-0.4, -0.2) is 14.0 Å². The molecule has 0 aliphatic heterocycles. The van der Waals surface area contributed by atoms with Gasteiger partial charge in [0.2, 0.25) is 0 Å². The van der Waals surface area contributed by atoms with E-state index in [1.165, 1.54) is 23.1 Å². The van der Waals surface area contributed by atoms with Crippen LogP contribution in [0.15, 0.2) is 16.8 Å². The molecule has 2 rings (SSSR count). The third-order valence-electron chi connectivity index (χ3n) is 1.53. The Kier molecular flexibility index (Phi) is 2.43. The topological polar surface area (TPSA) is 38.7 Å². The summed E-state index contributed by atoms with van der Waals surface area (Å²) in [5.41, 5.74) is 2.21. The summed E-state index contributed by atoms with van der Waals surface area (Å²) < 4.78 is 8.01. The molecule has 0 aliphatic carbocycles. The predicted molar refractivity (Wildman–Crippen MR) is 49.4 cm³/mol. The summed E-state index contributed by atoms with van der Waals surface area (Å²) >= 11 is 2.89. The van der Waals surface area contributed by atoms with Gasteiger partial charge >= 0.3 is 0 Å². The van der Waals surface area contributed by atoms with E-state index >= 15 is 0 Å². The van der Waals surface area contributed by atoms with Crippen LogP contribution in [-0.2, 0) is 12.8 Å². The average molecular weight is 197 g/mol. The van der Waals surface area contributed by atoms with Crippen molar-refractivity contribution in [2.75, 3.05) is 0 Å². The fraction of sp³-hybridized carbons (Fsp3) is 0.286. The molecule has 0 saturated carbocycles. The van der Waals surface area contributed by atoms with Gasteiger partial charge in [-0.2, -0.15) is 4.37 Å². The second-order valence-corrected chi connectivity index (χ2v) is 3.66. The normalized spacial score (nSPS) is 10.3. The molecule has 2 aromatic heterocycles. The number of aryl methyl sites for hydroxylation is 2. The Bertz CT molecular complexity index is 280. The lowest BCUT2D eigenvalue weighted by atomic mass is 10.2. The molecule has 5 heteroatoms. The van der Waals surface area contributed by atoms with Crippen molar-refractivity contribution < 1.29 is 0 Å². The Morgan fingerprint density at radius 1 is 1.17 bits per heavy atom. The van der Waals surface area contributed by atoms with E-state index < -0.39 is 0 Å². The van der Waals surface area contributed by atoms with Crippen molar-refractivity contribution in [1.82, 2.24) is 14.0 Å². The molecular formula is C7H7N3S2. The van der Waals surface area contributed by atoms with E-state index in [-0.39, 0.29) is 0 Å². The minimum Gasteiger partial charge on any atom is -0.198 e. The molecule has 0 fully saturated rings. The van der Waals surface area contributed by atoms with Crippen molar-refractivity contribution in [1.29, 1.82) is 0 Å². The molecule has 3 nitrogen and oxygen atoms in total. The summed E-state index contributed by atoms with van der Waals surface area (Å²) in [4.78, 5) is 0. The van der Waals surface area contributed by atoms with Gasteiger partial charge in [-0.3, -0.25) is 0 Å². The molecule has 0 radical (unpaired) electrons. The molecule has 62 valence electrons. The minimum atomic E-state index is 0.945. The summed E-state index contributed by atoms with van der Waals surface area (Å²) in [6.45, 7) is 0. The predicted octanol–water partition coefficient (Wildman–Crippen LogP) is 1.78. The van der Waals surface area contributed by atoms with Gasteiger partial charge < -0.3 is 0 Å². The van der Waals surface area contributed by atoms with Gasteiger partial charge in [-0.15, -0.1) is 5.10 Å². The highest BCUT2D eigenvalue weighted by Crippen LogP contribution is 2.05. The lowest BCUT2D eigenvalue weighted by Crippen LogP contribution is -1.91. The first-order valence-electron chi connectivity index (χ1n) is 3.60.